The summed E-state index contributed by atoms with van der Waals surface area (Å²) in [7, 11) is 1.76. The number of benzene rings is 1. The van der Waals surface area contributed by atoms with E-state index in [0.717, 1.165) is 43.4 Å². The van der Waals surface area contributed by atoms with E-state index in [1.165, 1.54) is 0 Å². The zero-order valence-corrected chi connectivity index (χ0v) is 19.4. The summed E-state index contributed by atoms with van der Waals surface area (Å²) in [6.45, 7) is 7.29. The summed E-state index contributed by atoms with van der Waals surface area (Å²) in [5, 5.41) is 3.34. The third-order valence-corrected chi connectivity index (χ3v) is 5.18. The molecule has 1 aromatic heterocycles. The molecule has 0 aliphatic carbocycles. The lowest BCUT2D eigenvalue weighted by atomic mass is 10.0. The Kier molecular flexibility index (Phi) is 8.03. The van der Waals surface area contributed by atoms with Crippen LogP contribution in [0.1, 0.15) is 19.5 Å². The van der Waals surface area contributed by atoms with Crippen molar-refractivity contribution in [2.45, 2.75) is 25.9 Å². The van der Waals surface area contributed by atoms with Crippen molar-refractivity contribution in [2.24, 2.45) is 10.7 Å². The van der Waals surface area contributed by atoms with Crippen molar-refractivity contribution in [1.82, 2.24) is 20.1 Å². The number of nitrogens with one attached hydrogen (secondary N) is 1. The van der Waals surface area contributed by atoms with Gasteiger partial charge in [-0.2, -0.15) is 0 Å². The first-order valence-electron chi connectivity index (χ1n) is 9.42. The lowest BCUT2D eigenvalue weighted by Gasteiger charge is -2.43. The average molecular weight is 512 g/mol. The highest BCUT2D eigenvalue weighted by Crippen LogP contribution is 2.18. The summed E-state index contributed by atoms with van der Waals surface area (Å²) < 4.78 is 5.58. The van der Waals surface area contributed by atoms with Gasteiger partial charge in [0.2, 0.25) is 11.8 Å². The van der Waals surface area contributed by atoms with Crippen LogP contribution < -0.4 is 11.1 Å². The summed E-state index contributed by atoms with van der Waals surface area (Å²) in [6.07, 6.45) is 1.66. The molecule has 2 heterocycles. The Morgan fingerprint density at radius 1 is 1.24 bits per heavy atom. The fourth-order valence-electron chi connectivity index (χ4n) is 3.24. The fraction of sp³-hybridized carbons (Fsp3) is 0.450. The molecule has 0 saturated carbocycles. The average Bonchev–Trinajstić information content (AvgIpc) is 3.18. The van der Waals surface area contributed by atoms with E-state index in [2.05, 4.69) is 25.1 Å². The number of hydrogen-bond donors (Lipinski definition) is 2. The zero-order valence-electron chi connectivity index (χ0n) is 17.1. The predicted molar refractivity (Wildman–Crippen MR) is 124 cm³/mol. The van der Waals surface area contributed by atoms with E-state index < -0.39 is 5.54 Å². The number of halogens is 1. The minimum absolute atomic E-state index is 0. The molecule has 0 radical (unpaired) electrons. The molecule has 29 heavy (non-hydrogen) atoms. The molecular formula is C20H29IN6O2. The lowest BCUT2D eigenvalue weighted by Crippen LogP contribution is -2.61. The topological polar surface area (TPSA) is 100.0 Å². The molecule has 1 aliphatic heterocycles. The van der Waals surface area contributed by atoms with Crippen molar-refractivity contribution < 1.29 is 9.21 Å². The predicted octanol–water partition coefficient (Wildman–Crippen LogP) is 1.92. The number of carbonyl (C=O) groups excluding carboxylic acids is 1. The number of primary amides is 1. The summed E-state index contributed by atoms with van der Waals surface area (Å²) in [5.41, 5.74) is 6.65. The Morgan fingerprint density at radius 3 is 2.48 bits per heavy atom. The summed E-state index contributed by atoms with van der Waals surface area (Å²) in [5.74, 6) is 1.11. The number of rotatable bonds is 5. The number of guanidine groups is 1. The molecule has 0 unspecified atom stereocenters. The summed E-state index contributed by atoms with van der Waals surface area (Å²) in [6, 6.07) is 9.81. The van der Waals surface area contributed by atoms with Gasteiger partial charge in [-0.3, -0.25) is 14.7 Å². The molecule has 1 aliphatic rings. The van der Waals surface area contributed by atoms with Gasteiger partial charge in [0.05, 0.1) is 17.8 Å². The second-order valence-corrected chi connectivity index (χ2v) is 7.31. The van der Waals surface area contributed by atoms with Crippen LogP contribution in [0.3, 0.4) is 0 Å². The molecule has 0 atom stereocenters. The van der Waals surface area contributed by atoms with Crippen molar-refractivity contribution in [2.75, 3.05) is 33.2 Å². The summed E-state index contributed by atoms with van der Waals surface area (Å²) in [4.78, 5) is 24.9. The van der Waals surface area contributed by atoms with Gasteiger partial charge in [-0.25, -0.2) is 4.98 Å². The van der Waals surface area contributed by atoms with Crippen LogP contribution in [-0.4, -0.2) is 65.4 Å². The van der Waals surface area contributed by atoms with Crippen LogP contribution in [-0.2, 0) is 11.3 Å². The molecule has 0 bridgehead atoms. The van der Waals surface area contributed by atoms with Crippen LogP contribution in [0.4, 0.5) is 0 Å². The van der Waals surface area contributed by atoms with Crippen molar-refractivity contribution in [3.8, 4) is 11.5 Å². The lowest BCUT2D eigenvalue weighted by molar-refractivity contribution is -0.129. The van der Waals surface area contributed by atoms with E-state index in [4.69, 9.17) is 10.2 Å². The number of nitrogens with zero attached hydrogens (tertiary/aromatic N) is 4. The number of carbonyl (C=O) groups is 1. The number of oxazole rings is 1. The SMILES string of the molecule is CN=C(NCc1coc(-c2ccccc2)n1)N1CCN(C(C)(C)C(N)=O)CC1.I. The number of nitrogens with two attached hydrogens (primary N) is 1. The highest BCUT2D eigenvalue weighted by atomic mass is 127. The second-order valence-electron chi connectivity index (χ2n) is 7.31. The Labute approximate surface area is 188 Å². The van der Waals surface area contributed by atoms with E-state index in [1.54, 1.807) is 13.3 Å². The molecule has 158 valence electrons. The number of aliphatic imine (C=N–C) groups is 1. The second kappa shape index (κ2) is 10.1. The maximum Gasteiger partial charge on any atom is 0.237 e. The smallest absolute Gasteiger partial charge is 0.237 e. The van der Waals surface area contributed by atoms with Crippen molar-refractivity contribution in [3.63, 3.8) is 0 Å². The van der Waals surface area contributed by atoms with Gasteiger partial charge in [0.25, 0.3) is 0 Å². The van der Waals surface area contributed by atoms with Crippen LogP contribution in [0.2, 0.25) is 0 Å². The van der Waals surface area contributed by atoms with Gasteiger partial charge in [-0.05, 0) is 26.0 Å². The molecule has 8 nitrogen and oxygen atoms in total. The van der Waals surface area contributed by atoms with E-state index in [9.17, 15) is 4.79 Å². The number of piperazine rings is 1. The number of aromatic nitrogens is 1. The van der Waals surface area contributed by atoms with Crippen LogP contribution in [0.25, 0.3) is 11.5 Å². The molecule has 1 fully saturated rings. The number of hydrogen-bond acceptors (Lipinski definition) is 5. The van der Waals surface area contributed by atoms with Gasteiger partial charge in [0.1, 0.15) is 6.26 Å². The highest BCUT2D eigenvalue weighted by molar-refractivity contribution is 14.0. The molecule has 3 N–H and O–H groups in total. The molecular weight excluding hydrogens is 483 g/mol. The van der Waals surface area contributed by atoms with E-state index >= 15 is 0 Å². The fourth-order valence-corrected chi connectivity index (χ4v) is 3.24. The Hall–Kier alpha value is -2.14. The van der Waals surface area contributed by atoms with Crippen LogP contribution in [0, 0.1) is 0 Å². The molecule has 3 rings (SSSR count). The van der Waals surface area contributed by atoms with E-state index in [0.29, 0.717) is 12.4 Å². The minimum Gasteiger partial charge on any atom is -0.444 e. The largest absolute Gasteiger partial charge is 0.444 e. The van der Waals surface area contributed by atoms with E-state index in [-0.39, 0.29) is 29.9 Å². The maximum absolute atomic E-state index is 11.7. The molecule has 0 spiro atoms. The standard InChI is InChI=1S/C20H28N6O2.HI/c1-20(2,18(21)27)26-11-9-25(10-12-26)19(22-3)23-13-16-14-28-17(24-16)15-7-5-4-6-8-15;/h4-8,14H,9-13H2,1-3H3,(H2,21,27)(H,22,23);1H. The molecule has 1 amide bonds. The van der Waals surface area contributed by atoms with Gasteiger partial charge in [-0.15, -0.1) is 24.0 Å². The Morgan fingerprint density at radius 2 is 1.90 bits per heavy atom. The third kappa shape index (κ3) is 5.47. The zero-order chi connectivity index (χ0) is 20.1. The van der Waals surface area contributed by atoms with Crippen molar-refractivity contribution in [3.05, 3.63) is 42.3 Å². The quantitative estimate of drug-likeness (QED) is 0.361. The first kappa shape index (κ1) is 23.1. The van der Waals surface area contributed by atoms with Gasteiger partial charge in [0, 0.05) is 38.8 Å². The minimum atomic E-state index is -0.641. The van der Waals surface area contributed by atoms with Crippen LogP contribution >= 0.6 is 24.0 Å². The molecule has 9 heteroatoms. The maximum atomic E-state index is 11.7. The van der Waals surface area contributed by atoms with E-state index in [1.807, 2.05) is 44.2 Å². The number of amides is 1. The van der Waals surface area contributed by atoms with Crippen LogP contribution in [0.5, 0.6) is 0 Å². The van der Waals surface area contributed by atoms with Crippen LogP contribution in [0.15, 0.2) is 46.0 Å². The van der Waals surface area contributed by atoms with Gasteiger partial charge < -0.3 is 20.4 Å². The van der Waals surface area contributed by atoms with Gasteiger partial charge in [0.15, 0.2) is 5.96 Å². The molecule has 1 saturated heterocycles. The first-order valence-corrected chi connectivity index (χ1v) is 9.42. The Balaban J connectivity index is 0.00000300. The van der Waals surface area contributed by atoms with Gasteiger partial charge >= 0.3 is 0 Å². The highest BCUT2D eigenvalue weighted by Gasteiger charge is 2.35. The normalized spacial score (nSPS) is 15.7. The van der Waals surface area contributed by atoms with Crippen molar-refractivity contribution in [1.29, 1.82) is 0 Å². The van der Waals surface area contributed by atoms with Gasteiger partial charge in [-0.1, -0.05) is 18.2 Å². The summed E-state index contributed by atoms with van der Waals surface area (Å²) >= 11 is 0. The molecule has 2 aromatic rings. The van der Waals surface area contributed by atoms with Crippen molar-refractivity contribution >= 4 is 35.8 Å². The first-order chi connectivity index (χ1) is 13.4. The Bertz CT molecular complexity index is 829. The third-order valence-electron chi connectivity index (χ3n) is 5.18. The monoisotopic (exact) mass is 512 g/mol. The molecule has 1 aromatic carbocycles.